The smallest absolute Gasteiger partial charge is 0.237 e. The van der Waals surface area contributed by atoms with Gasteiger partial charge in [-0.1, -0.05) is 133 Å². The highest BCUT2D eigenvalue weighted by Gasteiger charge is 2.40. The molecule has 1 aromatic heterocycles. The number of aromatic nitrogens is 2. The molecule has 0 radical (unpaired) electrons. The molecule has 0 saturated carbocycles. The molecule has 3 rings (SSSR count). The Morgan fingerprint density at radius 2 is 1.31 bits per heavy atom. The number of aryl methyl sites for hydroxylation is 1. The average Bonchev–Trinajstić information content (AvgIpc) is 3.37. The van der Waals surface area contributed by atoms with Crippen LogP contribution in [0.25, 0.3) is 0 Å². The third kappa shape index (κ3) is 8.64. The maximum absolute atomic E-state index is 2.54. The van der Waals surface area contributed by atoms with Crippen LogP contribution >= 0.6 is 0 Å². The van der Waals surface area contributed by atoms with Gasteiger partial charge in [-0.25, -0.2) is 9.13 Å². The van der Waals surface area contributed by atoms with E-state index in [1.165, 1.54) is 88.2 Å². The molecule has 0 aliphatic carbocycles. The van der Waals surface area contributed by atoms with Gasteiger partial charge in [0.05, 0.1) is 6.54 Å². The van der Waals surface area contributed by atoms with Gasteiger partial charge in [-0.15, -0.1) is 0 Å². The van der Waals surface area contributed by atoms with Crippen molar-refractivity contribution < 1.29 is 4.57 Å². The molecule has 3 aromatic rings. The van der Waals surface area contributed by atoms with E-state index >= 15 is 0 Å². The predicted molar refractivity (Wildman–Crippen MR) is 154 cm³/mol. The summed E-state index contributed by atoms with van der Waals surface area (Å²) in [7, 11) is 0. The van der Waals surface area contributed by atoms with E-state index in [0.717, 1.165) is 13.0 Å². The average molecular weight is 488 g/mol. The van der Waals surface area contributed by atoms with Gasteiger partial charge in [-0.05, 0) is 43.2 Å². The van der Waals surface area contributed by atoms with E-state index in [1.54, 1.807) is 0 Å². The van der Waals surface area contributed by atoms with Gasteiger partial charge in [0.2, 0.25) is 6.33 Å². The molecule has 0 saturated heterocycles. The summed E-state index contributed by atoms with van der Waals surface area (Å²) in [5, 5.41) is 0. The first-order valence-corrected chi connectivity index (χ1v) is 14.8. The lowest BCUT2D eigenvalue weighted by Crippen LogP contribution is -2.38. The second-order valence-corrected chi connectivity index (χ2v) is 11.0. The molecule has 196 valence electrons. The number of hydrogen-bond donors (Lipinski definition) is 0. The minimum atomic E-state index is 0.0188. The number of hydrogen-bond acceptors (Lipinski definition) is 0. The van der Waals surface area contributed by atoms with Gasteiger partial charge in [-0.3, -0.25) is 0 Å². The Balaban J connectivity index is 1.79. The van der Waals surface area contributed by atoms with Crippen LogP contribution in [0.2, 0.25) is 0 Å². The van der Waals surface area contributed by atoms with Gasteiger partial charge in [0.15, 0.2) is 0 Å². The molecule has 36 heavy (non-hydrogen) atoms. The molecule has 2 heteroatoms. The van der Waals surface area contributed by atoms with Crippen molar-refractivity contribution in [2.24, 2.45) is 0 Å². The van der Waals surface area contributed by atoms with Crippen LogP contribution in [0.3, 0.4) is 0 Å². The van der Waals surface area contributed by atoms with Crippen LogP contribution < -0.4 is 4.57 Å². The first-order valence-electron chi connectivity index (χ1n) is 14.8. The Hall–Kier alpha value is -2.35. The standard InChI is InChI=1S/C34H51N2/c1-4-6-8-10-11-12-20-26-35-27-28-36(30-35)33(25-19-9-7-5-2)34(3,32-23-17-14-18-24-32)29-31-21-15-13-16-22-31/h13-18,21-24,27-28,30,33H,4-12,19-20,25-26,29H2,1-3H3/q+1. The minimum Gasteiger partial charge on any atom is -0.237 e. The molecule has 0 N–H and O–H groups in total. The van der Waals surface area contributed by atoms with Gasteiger partial charge >= 0.3 is 0 Å². The second-order valence-electron chi connectivity index (χ2n) is 11.0. The molecular formula is C34H51N2+. The molecule has 0 fully saturated rings. The van der Waals surface area contributed by atoms with Crippen LogP contribution in [-0.2, 0) is 18.4 Å². The molecule has 2 unspecified atom stereocenters. The van der Waals surface area contributed by atoms with Crippen molar-refractivity contribution in [1.82, 2.24) is 4.57 Å². The second kappa shape index (κ2) is 15.7. The first-order chi connectivity index (χ1) is 17.7. The number of rotatable bonds is 18. The number of benzene rings is 2. The first kappa shape index (κ1) is 28.2. The van der Waals surface area contributed by atoms with Crippen molar-refractivity contribution in [2.45, 2.75) is 122 Å². The van der Waals surface area contributed by atoms with Crippen molar-refractivity contribution in [1.29, 1.82) is 0 Å². The monoisotopic (exact) mass is 487 g/mol. The van der Waals surface area contributed by atoms with E-state index in [2.05, 4.69) is 109 Å². The van der Waals surface area contributed by atoms with Crippen LogP contribution in [0.4, 0.5) is 0 Å². The SMILES string of the molecule is CCCCCCCCC[n+]1ccn(C(CCCCCC)C(C)(Cc2ccccc2)c2ccccc2)c1. The summed E-state index contributed by atoms with van der Waals surface area (Å²) >= 11 is 0. The normalized spacial score (nSPS) is 14.0. The van der Waals surface area contributed by atoms with E-state index in [-0.39, 0.29) is 5.41 Å². The van der Waals surface area contributed by atoms with Crippen LogP contribution in [0.5, 0.6) is 0 Å². The summed E-state index contributed by atoms with van der Waals surface area (Å²) in [6, 6.07) is 22.8. The van der Waals surface area contributed by atoms with E-state index in [9.17, 15) is 0 Å². The lowest BCUT2D eigenvalue weighted by atomic mass is 9.70. The van der Waals surface area contributed by atoms with Crippen molar-refractivity contribution in [3.63, 3.8) is 0 Å². The maximum atomic E-state index is 2.54. The summed E-state index contributed by atoms with van der Waals surface area (Å²) in [5.74, 6) is 0. The van der Waals surface area contributed by atoms with Gasteiger partial charge in [0.25, 0.3) is 0 Å². The zero-order chi connectivity index (χ0) is 25.5. The van der Waals surface area contributed by atoms with Crippen molar-refractivity contribution in [3.05, 3.63) is 90.5 Å². The molecule has 2 nitrogen and oxygen atoms in total. The fraction of sp³-hybridized carbons (Fsp3) is 0.559. The Morgan fingerprint density at radius 1 is 0.722 bits per heavy atom. The maximum Gasteiger partial charge on any atom is 0.244 e. The summed E-state index contributed by atoms with van der Waals surface area (Å²) in [6.07, 6.45) is 24.1. The summed E-state index contributed by atoms with van der Waals surface area (Å²) in [6.45, 7) is 8.23. The summed E-state index contributed by atoms with van der Waals surface area (Å²) in [5.41, 5.74) is 2.89. The lowest BCUT2D eigenvalue weighted by Gasteiger charge is -2.37. The number of unbranched alkanes of at least 4 members (excludes halogenated alkanes) is 9. The van der Waals surface area contributed by atoms with E-state index in [4.69, 9.17) is 0 Å². The van der Waals surface area contributed by atoms with Gasteiger partial charge < -0.3 is 0 Å². The van der Waals surface area contributed by atoms with E-state index < -0.39 is 0 Å². The highest BCUT2D eigenvalue weighted by Crippen LogP contribution is 2.41. The third-order valence-electron chi connectivity index (χ3n) is 8.01. The van der Waals surface area contributed by atoms with Crippen molar-refractivity contribution in [2.75, 3.05) is 0 Å². The highest BCUT2D eigenvalue weighted by molar-refractivity contribution is 5.30. The predicted octanol–water partition coefficient (Wildman–Crippen LogP) is 9.24. The molecule has 0 amide bonds. The van der Waals surface area contributed by atoms with Crippen LogP contribution in [0.1, 0.15) is 115 Å². The molecule has 0 aliphatic heterocycles. The van der Waals surface area contributed by atoms with Gasteiger partial charge in [-0.2, -0.15) is 0 Å². The molecule has 0 spiro atoms. The molecule has 1 heterocycles. The largest absolute Gasteiger partial charge is 0.244 e. The molecule has 2 aromatic carbocycles. The lowest BCUT2D eigenvalue weighted by molar-refractivity contribution is -0.697. The molecular weight excluding hydrogens is 436 g/mol. The molecule has 0 aliphatic rings. The van der Waals surface area contributed by atoms with E-state index in [1.807, 2.05) is 0 Å². The van der Waals surface area contributed by atoms with Gasteiger partial charge in [0.1, 0.15) is 18.4 Å². The fourth-order valence-electron chi connectivity index (χ4n) is 5.79. The zero-order valence-electron chi connectivity index (χ0n) is 23.4. The van der Waals surface area contributed by atoms with Crippen molar-refractivity contribution in [3.8, 4) is 0 Å². The summed E-state index contributed by atoms with van der Waals surface area (Å²) in [4.78, 5) is 0. The zero-order valence-corrected chi connectivity index (χ0v) is 23.4. The third-order valence-corrected chi connectivity index (χ3v) is 8.01. The molecule has 0 bridgehead atoms. The highest BCUT2D eigenvalue weighted by atomic mass is 15.1. The Kier molecular flexibility index (Phi) is 12.3. The van der Waals surface area contributed by atoms with E-state index in [0.29, 0.717) is 6.04 Å². The topological polar surface area (TPSA) is 8.81 Å². The fourth-order valence-corrected chi connectivity index (χ4v) is 5.79. The quantitative estimate of drug-likeness (QED) is 0.125. The number of imidazole rings is 1. The van der Waals surface area contributed by atoms with Crippen LogP contribution in [0, 0.1) is 0 Å². The Morgan fingerprint density at radius 3 is 1.97 bits per heavy atom. The van der Waals surface area contributed by atoms with Crippen LogP contribution in [-0.4, -0.2) is 4.57 Å². The Labute approximate surface area is 221 Å². The molecule has 2 atom stereocenters. The van der Waals surface area contributed by atoms with Gasteiger partial charge in [0, 0.05) is 5.41 Å². The summed E-state index contributed by atoms with van der Waals surface area (Å²) < 4.78 is 4.97. The number of nitrogens with zero attached hydrogens (tertiary/aromatic N) is 2. The van der Waals surface area contributed by atoms with Crippen LogP contribution in [0.15, 0.2) is 79.4 Å². The minimum absolute atomic E-state index is 0.0188. The Bertz CT molecular complexity index is 946. The van der Waals surface area contributed by atoms with Crippen molar-refractivity contribution >= 4 is 0 Å².